The van der Waals surface area contributed by atoms with Crippen LogP contribution in [0.5, 0.6) is 0 Å². The zero-order valence-corrected chi connectivity index (χ0v) is 6.66. The molecule has 0 aliphatic carbocycles. The summed E-state index contributed by atoms with van der Waals surface area (Å²) in [6.07, 6.45) is 0.570. The maximum absolute atomic E-state index is 10.5. The van der Waals surface area contributed by atoms with Crippen molar-refractivity contribution in [3.8, 4) is 0 Å². The fourth-order valence-electron chi connectivity index (χ4n) is 0.354. The van der Waals surface area contributed by atoms with Gasteiger partial charge in [-0.1, -0.05) is 0 Å². The fourth-order valence-corrected chi connectivity index (χ4v) is 0.354. The Morgan fingerprint density at radius 3 is 2.82 bits per heavy atom. The molecule has 0 atom stereocenters. The number of ether oxygens (including phenoxy) is 2. The Morgan fingerprint density at radius 2 is 2.27 bits per heavy atom. The van der Waals surface area contributed by atoms with E-state index in [4.69, 9.17) is 4.74 Å². The summed E-state index contributed by atoms with van der Waals surface area (Å²) in [6.45, 7) is 4.38. The third-order valence-corrected chi connectivity index (χ3v) is 0.725. The first-order valence-electron chi connectivity index (χ1n) is 3.37. The number of amides is 1. The molecule has 5 nitrogen and oxygen atoms in total. The molecule has 0 spiro atoms. The summed E-state index contributed by atoms with van der Waals surface area (Å²) in [6, 6.07) is 0. The van der Waals surface area contributed by atoms with Crippen LogP contribution in [-0.4, -0.2) is 25.7 Å². The van der Waals surface area contributed by atoms with Crippen molar-refractivity contribution < 1.29 is 14.3 Å². The van der Waals surface area contributed by atoms with Crippen molar-refractivity contribution in [2.75, 3.05) is 13.2 Å². The Balaban J connectivity index is 3.29. The zero-order chi connectivity index (χ0) is 8.53. The molecule has 0 saturated carbocycles. The van der Waals surface area contributed by atoms with Gasteiger partial charge in [-0.25, -0.2) is 10.2 Å². The first-order valence-corrected chi connectivity index (χ1v) is 3.37. The molecule has 0 unspecified atom stereocenters. The molecule has 0 fully saturated rings. The molecule has 0 aliphatic rings. The van der Waals surface area contributed by atoms with Gasteiger partial charge < -0.3 is 9.47 Å². The van der Waals surface area contributed by atoms with Crippen LogP contribution in [0.1, 0.15) is 13.8 Å². The number of nitrogens with zero attached hydrogens (tertiary/aromatic N) is 1. The van der Waals surface area contributed by atoms with Gasteiger partial charge in [0.05, 0.1) is 13.2 Å². The average Bonchev–Trinajstić information content (AvgIpc) is 1.99. The van der Waals surface area contributed by atoms with Gasteiger partial charge in [-0.05, 0) is 13.8 Å². The van der Waals surface area contributed by atoms with Gasteiger partial charge in [-0.15, -0.1) is 5.10 Å². The molecule has 0 bridgehead atoms. The van der Waals surface area contributed by atoms with Crippen molar-refractivity contribution in [3.63, 3.8) is 0 Å². The maximum Gasteiger partial charge on any atom is 0.427 e. The van der Waals surface area contributed by atoms with Crippen LogP contribution in [0.4, 0.5) is 4.79 Å². The minimum absolute atomic E-state index is 0.329. The van der Waals surface area contributed by atoms with E-state index in [1.54, 1.807) is 6.92 Å². The Labute approximate surface area is 65.4 Å². The molecular weight excluding hydrogens is 148 g/mol. The number of carbonyl (C=O) groups is 1. The molecule has 0 aliphatic heterocycles. The van der Waals surface area contributed by atoms with Crippen LogP contribution in [0.15, 0.2) is 5.10 Å². The summed E-state index contributed by atoms with van der Waals surface area (Å²) >= 11 is 0. The summed E-state index contributed by atoms with van der Waals surface area (Å²) in [5.74, 6) is 0. The second-order valence-electron chi connectivity index (χ2n) is 1.52. The van der Waals surface area contributed by atoms with Gasteiger partial charge in [0.15, 0.2) is 6.40 Å². The van der Waals surface area contributed by atoms with Crippen molar-refractivity contribution in [1.29, 1.82) is 0 Å². The molecule has 5 heteroatoms. The lowest BCUT2D eigenvalue weighted by atomic mass is 10.9. The topological polar surface area (TPSA) is 59.9 Å². The number of nitrogens with one attached hydrogen (secondary N) is 1. The van der Waals surface area contributed by atoms with E-state index in [0.29, 0.717) is 13.2 Å². The zero-order valence-electron chi connectivity index (χ0n) is 6.66. The number of rotatable bonds is 4. The predicted molar refractivity (Wildman–Crippen MR) is 40.3 cm³/mol. The quantitative estimate of drug-likeness (QED) is 0.374. The SMILES string of the molecule is CCO/C=N/NC(=O)OCC. The van der Waals surface area contributed by atoms with E-state index >= 15 is 0 Å². The summed E-state index contributed by atoms with van der Waals surface area (Å²) in [5, 5.41) is 3.41. The Bertz CT molecular complexity index is 136. The van der Waals surface area contributed by atoms with Crippen molar-refractivity contribution in [1.82, 2.24) is 5.43 Å². The largest absolute Gasteiger partial charge is 0.482 e. The van der Waals surface area contributed by atoms with Gasteiger partial charge in [0.1, 0.15) is 0 Å². The highest BCUT2D eigenvalue weighted by atomic mass is 16.6. The highest BCUT2D eigenvalue weighted by Crippen LogP contribution is 1.74. The average molecular weight is 160 g/mol. The summed E-state index contributed by atoms with van der Waals surface area (Å²) in [4.78, 5) is 10.5. The lowest BCUT2D eigenvalue weighted by Gasteiger charge is -1.97. The number of hydrogen-bond acceptors (Lipinski definition) is 4. The normalized spacial score (nSPS) is 9.64. The molecule has 0 aromatic heterocycles. The van der Waals surface area contributed by atoms with Crippen LogP contribution in [-0.2, 0) is 9.47 Å². The number of hydrazone groups is 1. The van der Waals surface area contributed by atoms with Gasteiger partial charge in [-0.2, -0.15) is 0 Å². The van der Waals surface area contributed by atoms with E-state index < -0.39 is 6.09 Å². The predicted octanol–water partition coefficient (Wildman–Crippen LogP) is 0.712. The van der Waals surface area contributed by atoms with E-state index in [2.05, 4.69) is 15.3 Å². The minimum Gasteiger partial charge on any atom is -0.482 e. The van der Waals surface area contributed by atoms with Gasteiger partial charge in [0, 0.05) is 0 Å². The molecule has 0 rings (SSSR count). The molecule has 0 saturated heterocycles. The molecule has 1 N–H and O–H groups in total. The Hall–Kier alpha value is -1.26. The van der Waals surface area contributed by atoms with Crippen molar-refractivity contribution in [2.45, 2.75) is 13.8 Å². The molecule has 0 heterocycles. The molecule has 0 aromatic carbocycles. The number of hydrogen-bond donors (Lipinski definition) is 1. The van der Waals surface area contributed by atoms with Gasteiger partial charge in [0.25, 0.3) is 0 Å². The first kappa shape index (κ1) is 9.74. The fraction of sp³-hybridized carbons (Fsp3) is 0.667. The lowest BCUT2D eigenvalue weighted by Crippen LogP contribution is -2.18. The summed E-state index contributed by atoms with van der Waals surface area (Å²) < 4.78 is 9.20. The summed E-state index contributed by atoms with van der Waals surface area (Å²) in [7, 11) is 0. The standard InChI is InChI=1S/C6H12N2O3/c1-3-10-5-7-8-6(9)11-4-2/h5H,3-4H2,1-2H3,(H,8,9)/b7-5+. The van der Waals surface area contributed by atoms with Crippen LogP contribution < -0.4 is 5.43 Å². The van der Waals surface area contributed by atoms with Crippen molar-refractivity contribution >= 4 is 12.5 Å². The van der Waals surface area contributed by atoms with E-state index in [0.717, 1.165) is 6.40 Å². The van der Waals surface area contributed by atoms with Crippen molar-refractivity contribution in [2.24, 2.45) is 5.10 Å². The van der Waals surface area contributed by atoms with E-state index in [1.807, 2.05) is 6.92 Å². The molecular formula is C6H12N2O3. The second kappa shape index (κ2) is 6.85. The van der Waals surface area contributed by atoms with Crippen LogP contribution >= 0.6 is 0 Å². The molecule has 1 amide bonds. The second-order valence-corrected chi connectivity index (χ2v) is 1.52. The Kier molecular flexibility index (Phi) is 6.07. The molecule has 0 radical (unpaired) electrons. The number of carbonyl (C=O) groups excluding carboxylic acids is 1. The van der Waals surface area contributed by atoms with E-state index in [9.17, 15) is 4.79 Å². The highest BCUT2D eigenvalue weighted by Gasteiger charge is 1.93. The monoisotopic (exact) mass is 160 g/mol. The van der Waals surface area contributed by atoms with Crippen LogP contribution in [0.2, 0.25) is 0 Å². The summed E-state index contributed by atoms with van der Waals surface area (Å²) in [5.41, 5.74) is 2.10. The Morgan fingerprint density at radius 1 is 1.55 bits per heavy atom. The minimum atomic E-state index is -0.580. The van der Waals surface area contributed by atoms with Crippen molar-refractivity contribution in [3.05, 3.63) is 0 Å². The van der Waals surface area contributed by atoms with E-state index in [1.165, 1.54) is 0 Å². The molecule has 0 aromatic rings. The first-order chi connectivity index (χ1) is 5.31. The third kappa shape index (κ3) is 6.63. The molecule has 11 heavy (non-hydrogen) atoms. The van der Waals surface area contributed by atoms with Crippen LogP contribution in [0.25, 0.3) is 0 Å². The lowest BCUT2D eigenvalue weighted by molar-refractivity contribution is 0.152. The third-order valence-electron chi connectivity index (χ3n) is 0.725. The smallest absolute Gasteiger partial charge is 0.427 e. The highest BCUT2D eigenvalue weighted by molar-refractivity contribution is 5.67. The van der Waals surface area contributed by atoms with Crippen LogP contribution in [0, 0.1) is 0 Å². The van der Waals surface area contributed by atoms with E-state index in [-0.39, 0.29) is 0 Å². The van der Waals surface area contributed by atoms with Gasteiger partial charge in [-0.3, -0.25) is 0 Å². The van der Waals surface area contributed by atoms with Gasteiger partial charge in [0.2, 0.25) is 0 Å². The molecule has 64 valence electrons. The van der Waals surface area contributed by atoms with Crippen LogP contribution in [0.3, 0.4) is 0 Å². The maximum atomic E-state index is 10.5. The van der Waals surface area contributed by atoms with Gasteiger partial charge >= 0.3 is 6.09 Å².